The first kappa shape index (κ1) is 17.3. The van der Waals surface area contributed by atoms with Crippen LogP contribution >= 0.6 is 15.9 Å². The molecule has 3 rings (SSSR count). The van der Waals surface area contributed by atoms with Crippen molar-refractivity contribution >= 4 is 21.8 Å². The van der Waals surface area contributed by atoms with E-state index in [9.17, 15) is 4.79 Å². The van der Waals surface area contributed by atoms with Crippen molar-refractivity contribution in [3.63, 3.8) is 0 Å². The van der Waals surface area contributed by atoms with Crippen molar-refractivity contribution < 1.29 is 9.53 Å². The molecule has 1 atom stereocenters. The molecule has 0 bridgehead atoms. The van der Waals surface area contributed by atoms with E-state index in [0.29, 0.717) is 12.3 Å². The van der Waals surface area contributed by atoms with Crippen LogP contribution in [0.2, 0.25) is 0 Å². The highest BCUT2D eigenvalue weighted by Gasteiger charge is 2.14. The van der Waals surface area contributed by atoms with Crippen LogP contribution in [-0.2, 0) is 11.3 Å². The SMILES string of the molecule is C[C@@H](Oc1cccc(Br)c1)C(=O)NCc1ccc(-n2cccc2)cc1. The molecule has 1 amide bonds. The fraction of sp³-hybridized carbons (Fsp3) is 0.150. The van der Waals surface area contributed by atoms with Gasteiger partial charge in [0.2, 0.25) is 0 Å². The molecule has 0 saturated carbocycles. The second-order valence-electron chi connectivity index (χ2n) is 5.69. The van der Waals surface area contributed by atoms with E-state index in [2.05, 4.69) is 21.2 Å². The number of hydrogen-bond acceptors (Lipinski definition) is 2. The van der Waals surface area contributed by atoms with E-state index in [4.69, 9.17) is 4.74 Å². The van der Waals surface area contributed by atoms with Crippen molar-refractivity contribution in [2.45, 2.75) is 19.6 Å². The van der Waals surface area contributed by atoms with Crippen LogP contribution in [0.25, 0.3) is 5.69 Å². The summed E-state index contributed by atoms with van der Waals surface area (Å²) in [5.41, 5.74) is 2.13. The van der Waals surface area contributed by atoms with Crippen LogP contribution in [0.3, 0.4) is 0 Å². The quantitative estimate of drug-likeness (QED) is 0.671. The zero-order valence-corrected chi connectivity index (χ0v) is 15.4. The Bertz CT molecular complexity index is 829. The molecule has 5 heteroatoms. The number of carbonyl (C=O) groups is 1. The highest BCUT2D eigenvalue weighted by molar-refractivity contribution is 9.10. The standard InChI is InChI=1S/C20H19BrN2O2/c1-15(25-19-6-4-5-17(21)13-19)20(24)22-14-16-7-9-18(10-8-16)23-11-2-3-12-23/h2-13,15H,14H2,1H3,(H,22,24)/t15-/m1/s1. The van der Waals surface area contributed by atoms with Gasteiger partial charge in [0.25, 0.3) is 5.91 Å². The summed E-state index contributed by atoms with van der Waals surface area (Å²) in [6.07, 6.45) is 3.43. The van der Waals surface area contributed by atoms with Crippen LogP contribution in [0.1, 0.15) is 12.5 Å². The Morgan fingerprint density at radius 2 is 1.84 bits per heavy atom. The van der Waals surface area contributed by atoms with E-state index >= 15 is 0 Å². The number of ether oxygens (including phenoxy) is 1. The summed E-state index contributed by atoms with van der Waals surface area (Å²) in [5.74, 6) is 0.516. The number of hydrogen-bond donors (Lipinski definition) is 1. The number of nitrogens with zero attached hydrogens (tertiary/aromatic N) is 1. The number of nitrogens with one attached hydrogen (secondary N) is 1. The number of aromatic nitrogens is 1. The van der Waals surface area contributed by atoms with Crippen LogP contribution in [0.15, 0.2) is 77.5 Å². The molecule has 0 fully saturated rings. The summed E-state index contributed by atoms with van der Waals surface area (Å²) < 4.78 is 8.62. The fourth-order valence-electron chi connectivity index (χ4n) is 2.42. The molecule has 0 spiro atoms. The Balaban J connectivity index is 1.53. The first-order valence-corrected chi connectivity index (χ1v) is 8.83. The molecule has 2 aromatic carbocycles. The highest BCUT2D eigenvalue weighted by Crippen LogP contribution is 2.19. The van der Waals surface area contributed by atoms with Crippen LogP contribution in [0.5, 0.6) is 5.75 Å². The van der Waals surface area contributed by atoms with E-state index in [-0.39, 0.29) is 5.91 Å². The Hall–Kier alpha value is -2.53. The minimum atomic E-state index is -0.562. The van der Waals surface area contributed by atoms with Crippen LogP contribution in [0.4, 0.5) is 0 Å². The minimum absolute atomic E-state index is 0.144. The van der Waals surface area contributed by atoms with Crippen molar-refractivity contribution in [1.29, 1.82) is 0 Å². The Labute approximate surface area is 155 Å². The van der Waals surface area contributed by atoms with Gasteiger partial charge in [0, 0.05) is 29.1 Å². The molecule has 128 valence electrons. The molecule has 0 aliphatic heterocycles. The molecule has 1 aromatic heterocycles. The van der Waals surface area contributed by atoms with Gasteiger partial charge in [0.1, 0.15) is 5.75 Å². The van der Waals surface area contributed by atoms with E-state index < -0.39 is 6.10 Å². The van der Waals surface area contributed by atoms with Gasteiger partial charge < -0.3 is 14.6 Å². The average Bonchev–Trinajstić information content (AvgIpc) is 3.14. The summed E-state index contributed by atoms with van der Waals surface area (Å²) in [7, 11) is 0. The summed E-state index contributed by atoms with van der Waals surface area (Å²) in [4.78, 5) is 12.2. The van der Waals surface area contributed by atoms with Gasteiger partial charge >= 0.3 is 0 Å². The largest absolute Gasteiger partial charge is 0.481 e. The molecule has 0 unspecified atom stereocenters. The van der Waals surface area contributed by atoms with Gasteiger partial charge in [-0.25, -0.2) is 0 Å². The van der Waals surface area contributed by atoms with E-state index in [1.807, 2.05) is 77.6 Å². The number of amides is 1. The maximum Gasteiger partial charge on any atom is 0.261 e. The first-order valence-electron chi connectivity index (χ1n) is 8.04. The lowest BCUT2D eigenvalue weighted by molar-refractivity contribution is -0.127. The lowest BCUT2D eigenvalue weighted by Gasteiger charge is -2.15. The monoisotopic (exact) mass is 398 g/mol. The van der Waals surface area contributed by atoms with Gasteiger partial charge in [0.15, 0.2) is 6.10 Å². The van der Waals surface area contributed by atoms with Crippen LogP contribution in [0, 0.1) is 0 Å². The average molecular weight is 399 g/mol. The molecule has 1 N–H and O–H groups in total. The maximum atomic E-state index is 12.2. The van der Waals surface area contributed by atoms with E-state index in [1.54, 1.807) is 6.92 Å². The van der Waals surface area contributed by atoms with Gasteiger partial charge in [-0.05, 0) is 55.0 Å². The molecular formula is C20H19BrN2O2. The fourth-order valence-corrected chi connectivity index (χ4v) is 2.80. The molecule has 3 aromatic rings. The summed E-state index contributed by atoms with van der Waals surface area (Å²) >= 11 is 3.39. The van der Waals surface area contributed by atoms with E-state index in [0.717, 1.165) is 15.7 Å². The predicted octanol–water partition coefficient (Wildman–Crippen LogP) is 4.32. The van der Waals surface area contributed by atoms with Crippen molar-refractivity contribution in [3.8, 4) is 11.4 Å². The minimum Gasteiger partial charge on any atom is -0.481 e. The van der Waals surface area contributed by atoms with E-state index in [1.165, 1.54) is 0 Å². The molecule has 0 saturated heterocycles. The topological polar surface area (TPSA) is 43.3 Å². The van der Waals surface area contributed by atoms with Crippen molar-refractivity contribution in [2.24, 2.45) is 0 Å². The molecule has 0 radical (unpaired) electrons. The number of carbonyl (C=O) groups excluding carboxylic acids is 1. The number of benzene rings is 2. The van der Waals surface area contributed by atoms with Crippen molar-refractivity contribution in [1.82, 2.24) is 9.88 Å². The molecule has 25 heavy (non-hydrogen) atoms. The number of halogens is 1. The Kier molecular flexibility index (Phi) is 5.56. The van der Waals surface area contributed by atoms with Gasteiger partial charge in [0.05, 0.1) is 0 Å². The Morgan fingerprint density at radius 1 is 1.12 bits per heavy atom. The third-order valence-corrected chi connectivity index (χ3v) is 4.28. The maximum absolute atomic E-state index is 12.2. The second-order valence-corrected chi connectivity index (χ2v) is 6.61. The highest BCUT2D eigenvalue weighted by atomic mass is 79.9. The molecule has 4 nitrogen and oxygen atoms in total. The summed E-state index contributed by atoms with van der Waals surface area (Å²) in [5, 5.41) is 2.91. The molecule has 0 aliphatic carbocycles. The van der Waals surface area contributed by atoms with Gasteiger partial charge in [-0.2, -0.15) is 0 Å². The van der Waals surface area contributed by atoms with Crippen LogP contribution in [-0.4, -0.2) is 16.6 Å². The molecule has 1 heterocycles. The zero-order valence-electron chi connectivity index (χ0n) is 13.9. The summed E-state index contributed by atoms with van der Waals surface area (Å²) in [6, 6.07) is 19.5. The second kappa shape index (κ2) is 8.03. The third-order valence-electron chi connectivity index (χ3n) is 3.78. The van der Waals surface area contributed by atoms with Crippen molar-refractivity contribution in [2.75, 3.05) is 0 Å². The normalized spacial score (nSPS) is 11.8. The smallest absolute Gasteiger partial charge is 0.261 e. The molecular weight excluding hydrogens is 380 g/mol. The van der Waals surface area contributed by atoms with Crippen molar-refractivity contribution in [3.05, 3.63) is 83.1 Å². The van der Waals surface area contributed by atoms with Gasteiger partial charge in [-0.1, -0.05) is 34.1 Å². The first-order chi connectivity index (χ1) is 12.1. The van der Waals surface area contributed by atoms with Gasteiger partial charge in [-0.15, -0.1) is 0 Å². The zero-order chi connectivity index (χ0) is 17.6. The lowest BCUT2D eigenvalue weighted by atomic mass is 10.2. The van der Waals surface area contributed by atoms with Gasteiger partial charge in [-0.3, -0.25) is 4.79 Å². The third kappa shape index (κ3) is 4.73. The van der Waals surface area contributed by atoms with Crippen LogP contribution < -0.4 is 10.1 Å². The number of rotatable bonds is 6. The molecule has 0 aliphatic rings. The lowest BCUT2D eigenvalue weighted by Crippen LogP contribution is -2.35. The summed E-state index contributed by atoms with van der Waals surface area (Å²) in [6.45, 7) is 2.21. The predicted molar refractivity (Wildman–Crippen MR) is 102 cm³/mol. The Morgan fingerprint density at radius 3 is 2.52 bits per heavy atom.